The number of carbonyl (C=O) groups is 1. The molecule has 160 valence electrons. The van der Waals surface area contributed by atoms with E-state index in [1.807, 2.05) is 60.7 Å². The van der Waals surface area contributed by atoms with E-state index in [-0.39, 0.29) is 29.6 Å². The Kier molecular flexibility index (Phi) is 6.46. The van der Waals surface area contributed by atoms with Crippen molar-refractivity contribution < 1.29 is 17.9 Å². The average molecular weight is 437 g/mol. The fraction of sp³-hybridized carbons (Fsp3) is 0.208. The minimum Gasteiger partial charge on any atom is -0.359 e. The molecule has 7 heteroatoms. The van der Waals surface area contributed by atoms with Crippen LogP contribution in [-0.4, -0.2) is 27.0 Å². The van der Waals surface area contributed by atoms with Gasteiger partial charge in [-0.1, -0.05) is 66.7 Å². The maximum atomic E-state index is 12.5. The van der Waals surface area contributed by atoms with Gasteiger partial charge in [-0.15, -0.1) is 0 Å². The first kappa shape index (κ1) is 21.2. The zero-order chi connectivity index (χ0) is 21.7. The van der Waals surface area contributed by atoms with Gasteiger partial charge >= 0.3 is 0 Å². The molecule has 0 aromatic heterocycles. The first-order valence-corrected chi connectivity index (χ1v) is 11.6. The molecule has 0 unspecified atom stereocenters. The Morgan fingerprint density at radius 2 is 1.52 bits per heavy atom. The maximum Gasteiger partial charge on any atom is 0.250 e. The van der Waals surface area contributed by atoms with Gasteiger partial charge in [0.2, 0.25) is 15.9 Å². The van der Waals surface area contributed by atoms with E-state index in [9.17, 15) is 13.2 Å². The van der Waals surface area contributed by atoms with Crippen molar-refractivity contribution in [1.29, 1.82) is 0 Å². The Labute approximate surface area is 182 Å². The molecule has 0 saturated heterocycles. The molecule has 31 heavy (non-hydrogen) atoms. The second kappa shape index (κ2) is 9.43. The van der Waals surface area contributed by atoms with Crippen molar-refractivity contribution in [2.24, 2.45) is 0 Å². The summed E-state index contributed by atoms with van der Waals surface area (Å²) in [6.07, 6.45) is 1.33. The number of hydrogen-bond acceptors (Lipinski definition) is 4. The quantitative estimate of drug-likeness (QED) is 0.533. The Balaban J connectivity index is 1.43. The molecule has 0 atom stereocenters. The van der Waals surface area contributed by atoms with Gasteiger partial charge in [0.15, 0.2) is 0 Å². The third-order valence-corrected chi connectivity index (χ3v) is 6.43. The highest BCUT2D eigenvalue weighted by molar-refractivity contribution is 7.89. The molecule has 1 saturated carbocycles. The largest absolute Gasteiger partial charge is 0.359 e. The average Bonchev–Trinajstić information content (AvgIpc) is 3.59. The van der Waals surface area contributed by atoms with E-state index in [0.717, 1.165) is 24.0 Å². The first-order chi connectivity index (χ1) is 15.0. The Hall–Kier alpha value is -3.00. The van der Waals surface area contributed by atoms with Crippen molar-refractivity contribution in [3.63, 3.8) is 0 Å². The lowest BCUT2D eigenvalue weighted by atomic mass is 10.0. The number of rotatable bonds is 9. The van der Waals surface area contributed by atoms with Crippen LogP contribution in [0.4, 0.5) is 5.69 Å². The molecule has 6 nitrogen and oxygen atoms in total. The van der Waals surface area contributed by atoms with Crippen LogP contribution >= 0.6 is 0 Å². The number of anilines is 1. The predicted octanol–water partition coefficient (Wildman–Crippen LogP) is 3.87. The van der Waals surface area contributed by atoms with Crippen LogP contribution in [0.1, 0.15) is 30.1 Å². The molecule has 0 heterocycles. The predicted molar refractivity (Wildman–Crippen MR) is 119 cm³/mol. The van der Waals surface area contributed by atoms with Crippen LogP contribution in [0.25, 0.3) is 0 Å². The molecule has 1 amide bonds. The van der Waals surface area contributed by atoms with Gasteiger partial charge in [0, 0.05) is 11.7 Å². The Morgan fingerprint density at radius 3 is 2.10 bits per heavy atom. The van der Waals surface area contributed by atoms with E-state index < -0.39 is 10.0 Å². The second-order valence-electron chi connectivity index (χ2n) is 7.48. The van der Waals surface area contributed by atoms with E-state index in [2.05, 4.69) is 10.0 Å². The molecule has 0 spiro atoms. The van der Waals surface area contributed by atoms with Gasteiger partial charge in [0.25, 0.3) is 0 Å². The zero-order valence-corrected chi connectivity index (χ0v) is 17.7. The van der Waals surface area contributed by atoms with Crippen molar-refractivity contribution in [3.05, 3.63) is 96.1 Å². The molecule has 0 radical (unpaired) electrons. The number of nitrogens with one attached hydrogen (secondary N) is 2. The molecule has 1 fully saturated rings. The molecule has 1 aliphatic carbocycles. The summed E-state index contributed by atoms with van der Waals surface area (Å²) in [5, 5.41) is 2.73. The topological polar surface area (TPSA) is 84.5 Å². The third-order valence-electron chi connectivity index (χ3n) is 4.91. The van der Waals surface area contributed by atoms with E-state index >= 15 is 0 Å². The second-order valence-corrected chi connectivity index (χ2v) is 9.20. The van der Waals surface area contributed by atoms with Crippen molar-refractivity contribution >= 4 is 21.6 Å². The minimum atomic E-state index is -3.59. The van der Waals surface area contributed by atoms with Crippen LogP contribution in [0.5, 0.6) is 0 Å². The smallest absolute Gasteiger partial charge is 0.250 e. The molecule has 3 aromatic carbocycles. The number of amides is 1. The van der Waals surface area contributed by atoms with Crippen LogP contribution in [0.2, 0.25) is 0 Å². The summed E-state index contributed by atoms with van der Waals surface area (Å²) in [6, 6.07) is 25.6. The summed E-state index contributed by atoms with van der Waals surface area (Å²) in [5.74, 6) is -0.360. The van der Waals surface area contributed by atoms with Gasteiger partial charge in [0.05, 0.1) is 4.90 Å². The monoisotopic (exact) mass is 436 g/mol. The standard InChI is InChI=1S/C24H24N2O4S/c27-23(25-21-12-7-13-22(16-21)31(28,29)26-20-14-15-20)17-30-24(18-8-3-1-4-9-18)19-10-5-2-6-11-19/h1-13,16,20,24,26H,14-15,17H2,(H,25,27). The van der Waals surface area contributed by atoms with Crippen molar-refractivity contribution in [1.82, 2.24) is 4.72 Å². The van der Waals surface area contributed by atoms with E-state index in [1.54, 1.807) is 12.1 Å². The van der Waals surface area contributed by atoms with Crippen molar-refractivity contribution in [2.75, 3.05) is 11.9 Å². The van der Waals surface area contributed by atoms with Crippen LogP contribution in [0.15, 0.2) is 89.8 Å². The summed E-state index contributed by atoms with van der Waals surface area (Å²) >= 11 is 0. The summed E-state index contributed by atoms with van der Waals surface area (Å²) in [4.78, 5) is 12.7. The Morgan fingerprint density at radius 1 is 0.903 bits per heavy atom. The van der Waals surface area contributed by atoms with Crippen molar-refractivity contribution in [2.45, 2.75) is 29.9 Å². The number of benzene rings is 3. The summed E-state index contributed by atoms with van der Waals surface area (Å²) in [5.41, 5.74) is 2.30. The van der Waals surface area contributed by atoms with Gasteiger partial charge in [-0.3, -0.25) is 4.79 Å². The first-order valence-electron chi connectivity index (χ1n) is 10.1. The molecule has 0 aliphatic heterocycles. The maximum absolute atomic E-state index is 12.5. The lowest BCUT2D eigenvalue weighted by Crippen LogP contribution is -2.26. The number of sulfonamides is 1. The van der Waals surface area contributed by atoms with Gasteiger partial charge in [0.1, 0.15) is 12.7 Å². The lowest BCUT2D eigenvalue weighted by molar-refractivity contribution is -0.121. The van der Waals surface area contributed by atoms with Crippen LogP contribution in [0, 0.1) is 0 Å². The molecular weight excluding hydrogens is 412 g/mol. The van der Waals surface area contributed by atoms with Crippen molar-refractivity contribution in [3.8, 4) is 0 Å². The van der Waals surface area contributed by atoms with E-state index in [0.29, 0.717) is 5.69 Å². The summed E-state index contributed by atoms with van der Waals surface area (Å²) < 4.78 is 33.4. The van der Waals surface area contributed by atoms with Gasteiger partial charge < -0.3 is 10.1 Å². The summed E-state index contributed by atoms with van der Waals surface area (Å²) in [7, 11) is -3.59. The number of ether oxygens (including phenoxy) is 1. The molecule has 3 aromatic rings. The molecule has 1 aliphatic rings. The number of carbonyl (C=O) groups excluding carboxylic acids is 1. The Bertz CT molecular complexity index is 1090. The summed E-state index contributed by atoms with van der Waals surface area (Å²) in [6.45, 7) is -0.175. The van der Waals surface area contributed by atoms with Crippen LogP contribution in [-0.2, 0) is 19.6 Å². The minimum absolute atomic E-state index is 0.0181. The molecule has 2 N–H and O–H groups in total. The molecular formula is C24H24N2O4S. The highest BCUT2D eigenvalue weighted by Gasteiger charge is 2.28. The van der Waals surface area contributed by atoms with Gasteiger partial charge in [-0.25, -0.2) is 13.1 Å². The highest BCUT2D eigenvalue weighted by Crippen LogP contribution is 2.26. The molecule has 4 rings (SSSR count). The lowest BCUT2D eigenvalue weighted by Gasteiger charge is -2.19. The van der Waals surface area contributed by atoms with Gasteiger partial charge in [-0.2, -0.15) is 0 Å². The SMILES string of the molecule is O=C(COC(c1ccccc1)c1ccccc1)Nc1cccc(S(=O)(=O)NC2CC2)c1. The normalized spacial score (nSPS) is 13.8. The third kappa shape index (κ3) is 5.79. The zero-order valence-electron chi connectivity index (χ0n) is 16.9. The van der Waals surface area contributed by atoms with E-state index in [4.69, 9.17) is 4.74 Å². The van der Waals surface area contributed by atoms with Crippen LogP contribution < -0.4 is 10.0 Å². The van der Waals surface area contributed by atoms with Gasteiger partial charge in [-0.05, 0) is 42.2 Å². The molecule has 0 bridgehead atoms. The van der Waals surface area contributed by atoms with E-state index in [1.165, 1.54) is 12.1 Å². The fourth-order valence-electron chi connectivity index (χ4n) is 3.23. The van der Waals surface area contributed by atoms with Crippen LogP contribution in [0.3, 0.4) is 0 Å². The number of hydrogen-bond donors (Lipinski definition) is 2. The highest BCUT2D eigenvalue weighted by atomic mass is 32.2. The fourth-order valence-corrected chi connectivity index (χ4v) is 4.58.